The van der Waals surface area contributed by atoms with E-state index in [-0.39, 0.29) is 12.0 Å². The molecule has 1 saturated heterocycles. The lowest BCUT2D eigenvalue weighted by Crippen LogP contribution is -2.56. The molecule has 116 valence electrons. The maximum atomic E-state index is 12.3. The summed E-state index contributed by atoms with van der Waals surface area (Å²) >= 11 is 0. The van der Waals surface area contributed by atoms with Gasteiger partial charge in [0.25, 0.3) is 5.91 Å². The van der Waals surface area contributed by atoms with Gasteiger partial charge in [-0.05, 0) is 31.2 Å². The molecule has 6 heteroatoms. The molecule has 1 aromatic heterocycles. The number of carbonyl (C=O) groups excluding carboxylic acids is 1. The average molecular weight is 310 g/mol. The number of benzene rings is 1. The van der Waals surface area contributed by atoms with Crippen molar-refractivity contribution in [1.29, 1.82) is 5.26 Å². The van der Waals surface area contributed by atoms with Crippen LogP contribution in [0.25, 0.3) is 0 Å². The molecule has 0 aliphatic carbocycles. The lowest BCUT2D eigenvalue weighted by Gasteiger charge is -2.39. The van der Waals surface area contributed by atoms with Gasteiger partial charge in [0.15, 0.2) is 0 Å². The molecule has 2 aromatic rings. The van der Waals surface area contributed by atoms with Crippen LogP contribution in [-0.2, 0) is 0 Å². The molecule has 0 bridgehead atoms. The molecule has 0 N–H and O–H groups in total. The Balaban J connectivity index is 1.59. The standard InChI is InChI=1S/C17H14N2O4/c1-11-6-14(7-16(20)22-11)23-15-9-19(10-15)17(21)13-4-2-12(8-18)3-5-13/h2-7,15H,9-10H2,1H3. The quantitative estimate of drug-likeness (QED) is 0.862. The van der Waals surface area contributed by atoms with Gasteiger partial charge in [-0.25, -0.2) is 4.79 Å². The molecule has 0 saturated carbocycles. The average Bonchev–Trinajstić information content (AvgIpc) is 2.49. The summed E-state index contributed by atoms with van der Waals surface area (Å²) in [5, 5.41) is 8.76. The van der Waals surface area contributed by atoms with Crippen LogP contribution in [0.3, 0.4) is 0 Å². The first-order chi connectivity index (χ1) is 11.0. The fourth-order valence-electron chi connectivity index (χ4n) is 2.38. The van der Waals surface area contributed by atoms with Crippen molar-refractivity contribution in [2.75, 3.05) is 13.1 Å². The minimum Gasteiger partial charge on any atom is -0.486 e. The van der Waals surface area contributed by atoms with Gasteiger partial charge in [-0.2, -0.15) is 5.26 Å². The summed E-state index contributed by atoms with van der Waals surface area (Å²) in [6.07, 6.45) is -0.140. The number of hydrogen-bond acceptors (Lipinski definition) is 5. The topological polar surface area (TPSA) is 83.5 Å². The zero-order chi connectivity index (χ0) is 16.4. The summed E-state index contributed by atoms with van der Waals surface area (Å²) in [7, 11) is 0. The largest absolute Gasteiger partial charge is 0.486 e. The Labute approximate surface area is 132 Å². The lowest BCUT2D eigenvalue weighted by atomic mass is 10.1. The van der Waals surface area contributed by atoms with Crippen molar-refractivity contribution in [3.8, 4) is 11.8 Å². The number of rotatable bonds is 3. The highest BCUT2D eigenvalue weighted by Crippen LogP contribution is 2.20. The van der Waals surface area contributed by atoms with Crippen molar-refractivity contribution in [2.24, 2.45) is 0 Å². The van der Waals surface area contributed by atoms with Gasteiger partial charge in [0, 0.05) is 11.6 Å². The normalized spacial score (nSPS) is 14.0. The molecule has 6 nitrogen and oxygen atoms in total. The fourth-order valence-corrected chi connectivity index (χ4v) is 2.38. The molecule has 0 radical (unpaired) electrons. The summed E-state index contributed by atoms with van der Waals surface area (Å²) < 4.78 is 10.5. The van der Waals surface area contributed by atoms with Crippen LogP contribution in [0.4, 0.5) is 0 Å². The van der Waals surface area contributed by atoms with E-state index < -0.39 is 5.63 Å². The number of amides is 1. The molecule has 1 aliphatic heterocycles. The third-order valence-electron chi connectivity index (χ3n) is 3.57. The lowest BCUT2D eigenvalue weighted by molar-refractivity contribution is 0.0175. The molecule has 2 heterocycles. The predicted octanol–water partition coefficient (Wildman–Crippen LogP) is 1.72. The van der Waals surface area contributed by atoms with E-state index in [0.29, 0.717) is 35.7 Å². The van der Waals surface area contributed by atoms with E-state index in [1.54, 1.807) is 42.2 Å². The van der Waals surface area contributed by atoms with Crippen molar-refractivity contribution in [3.05, 3.63) is 63.7 Å². The van der Waals surface area contributed by atoms with Gasteiger partial charge in [-0.1, -0.05) is 0 Å². The summed E-state index contributed by atoms with van der Waals surface area (Å²) in [5.41, 5.74) is 0.605. The van der Waals surface area contributed by atoms with Crippen molar-refractivity contribution in [3.63, 3.8) is 0 Å². The highest BCUT2D eigenvalue weighted by Gasteiger charge is 2.32. The highest BCUT2D eigenvalue weighted by atomic mass is 16.5. The summed E-state index contributed by atoms with van der Waals surface area (Å²) in [6.45, 7) is 2.59. The summed E-state index contributed by atoms with van der Waals surface area (Å²) in [6, 6.07) is 11.5. The second kappa shape index (κ2) is 5.97. The maximum absolute atomic E-state index is 12.3. The van der Waals surface area contributed by atoms with Crippen LogP contribution in [0.1, 0.15) is 21.7 Å². The summed E-state index contributed by atoms with van der Waals surface area (Å²) in [4.78, 5) is 25.2. The van der Waals surface area contributed by atoms with Crippen LogP contribution in [-0.4, -0.2) is 30.0 Å². The van der Waals surface area contributed by atoms with Gasteiger partial charge in [0.05, 0.1) is 30.8 Å². The van der Waals surface area contributed by atoms with Crippen molar-refractivity contribution < 1.29 is 13.9 Å². The number of aryl methyl sites for hydroxylation is 1. The summed E-state index contributed by atoms with van der Waals surface area (Å²) in [5.74, 6) is 0.838. The number of likely N-dealkylation sites (tertiary alicyclic amines) is 1. The second-order valence-electron chi connectivity index (χ2n) is 5.36. The van der Waals surface area contributed by atoms with Crippen LogP contribution in [0.5, 0.6) is 5.75 Å². The van der Waals surface area contributed by atoms with Gasteiger partial charge in [0.2, 0.25) is 0 Å². The maximum Gasteiger partial charge on any atom is 0.339 e. The predicted molar refractivity (Wildman–Crippen MR) is 81.2 cm³/mol. The van der Waals surface area contributed by atoms with E-state index in [1.165, 1.54) is 6.07 Å². The Morgan fingerprint density at radius 1 is 1.30 bits per heavy atom. The first-order valence-corrected chi connectivity index (χ1v) is 7.13. The zero-order valence-corrected chi connectivity index (χ0v) is 12.5. The van der Waals surface area contributed by atoms with Crippen molar-refractivity contribution in [1.82, 2.24) is 4.90 Å². The van der Waals surface area contributed by atoms with Gasteiger partial charge in [-0.3, -0.25) is 4.79 Å². The molecule has 1 fully saturated rings. The first kappa shape index (κ1) is 14.9. The van der Waals surface area contributed by atoms with Crippen molar-refractivity contribution in [2.45, 2.75) is 13.0 Å². The zero-order valence-electron chi connectivity index (χ0n) is 12.5. The fraction of sp³-hybridized carbons (Fsp3) is 0.235. The molecule has 0 spiro atoms. The third-order valence-corrected chi connectivity index (χ3v) is 3.57. The van der Waals surface area contributed by atoms with E-state index >= 15 is 0 Å². The Bertz CT molecular complexity index is 827. The van der Waals surface area contributed by atoms with E-state index in [4.69, 9.17) is 14.4 Å². The minimum atomic E-state index is -0.454. The van der Waals surface area contributed by atoms with Crippen molar-refractivity contribution >= 4 is 5.91 Å². The highest BCUT2D eigenvalue weighted by molar-refractivity contribution is 5.94. The van der Waals surface area contributed by atoms with Crippen LogP contribution in [0.15, 0.2) is 45.6 Å². The number of nitriles is 1. The molecule has 3 rings (SSSR count). The molecule has 0 atom stereocenters. The number of hydrogen-bond donors (Lipinski definition) is 0. The van der Waals surface area contributed by atoms with E-state index in [0.717, 1.165) is 0 Å². The Morgan fingerprint density at radius 3 is 2.61 bits per heavy atom. The van der Waals surface area contributed by atoms with Crippen LogP contribution in [0.2, 0.25) is 0 Å². The van der Waals surface area contributed by atoms with Gasteiger partial charge in [-0.15, -0.1) is 0 Å². The first-order valence-electron chi connectivity index (χ1n) is 7.13. The molecular weight excluding hydrogens is 296 g/mol. The molecule has 1 aliphatic rings. The van der Waals surface area contributed by atoms with E-state index in [2.05, 4.69) is 0 Å². The minimum absolute atomic E-state index is 0.0990. The Morgan fingerprint density at radius 2 is 2.00 bits per heavy atom. The van der Waals surface area contributed by atoms with Crippen LogP contribution >= 0.6 is 0 Å². The van der Waals surface area contributed by atoms with Gasteiger partial charge >= 0.3 is 5.63 Å². The van der Waals surface area contributed by atoms with E-state index in [1.807, 2.05) is 6.07 Å². The van der Waals surface area contributed by atoms with Crippen LogP contribution < -0.4 is 10.4 Å². The third kappa shape index (κ3) is 3.24. The number of nitrogens with zero attached hydrogens (tertiary/aromatic N) is 2. The molecule has 0 unspecified atom stereocenters. The molecule has 23 heavy (non-hydrogen) atoms. The molecule has 1 amide bonds. The molecular formula is C17H14N2O4. The number of carbonyl (C=O) groups is 1. The van der Waals surface area contributed by atoms with E-state index in [9.17, 15) is 9.59 Å². The monoisotopic (exact) mass is 310 g/mol. The molecule has 1 aromatic carbocycles. The van der Waals surface area contributed by atoms with Crippen LogP contribution in [0, 0.1) is 18.3 Å². The second-order valence-corrected chi connectivity index (χ2v) is 5.36. The Hall–Kier alpha value is -3.07. The smallest absolute Gasteiger partial charge is 0.339 e. The Kier molecular flexibility index (Phi) is 3.85. The number of ether oxygens (including phenoxy) is 1. The SMILES string of the molecule is Cc1cc(OC2CN(C(=O)c3ccc(C#N)cc3)C2)cc(=O)o1. The van der Waals surface area contributed by atoms with Gasteiger partial charge < -0.3 is 14.1 Å². The van der Waals surface area contributed by atoms with Gasteiger partial charge in [0.1, 0.15) is 17.6 Å².